The normalized spacial score (nSPS) is 11.8. The van der Waals surface area contributed by atoms with E-state index in [4.69, 9.17) is 0 Å². The monoisotopic (exact) mass is 229 g/mol. The van der Waals surface area contributed by atoms with Gasteiger partial charge in [0.2, 0.25) is 11.6 Å². The number of alkyl halides is 3. The summed E-state index contributed by atoms with van der Waals surface area (Å²) in [6, 6.07) is 0. The Morgan fingerprint density at radius 2 is 1.94 bits per heavy atom. The third-order valence-electron chi connectivity index (χ3n) is 1.74. The van der Waals surface area contributed by atoms with Crippen molar-refractivity contribution in [2.75, 3.05) is 0 Å². The first kappa shape index (κ1) is 10.5. The van der Waals surface area contributed by atoms with Crippen LogP contribution in [0, 0.1) is 6.92 Å². The van der Waals surface area contributed by atoms with Gasteiger partial charge in [-0.15, -0.1) is 0 Å². The molecule has 0 fully saturated rings. The Kier molecular flexibility index (Phi) is 2.33. The Bertz CT molecular complexity index is 504. The highest BCUT2D eigenvalue weighted by atomic mass is 19.4. The lowest BCUT2D eigenvalue weighted by molar-refractivity contribution is -0.144. The van der Waals surface area contributed by atoms with Gasteiger partial charge in [0.15, 0.2) is 0 Å². The van der Waals surface area contributed by atoms with Gasteiger partial charge >= 0.3 is 6.18 Å². The van der Waals surface area contributed by atoms with Gasteiger partial charge in [0.05, 0.1) is 11.9 Å². The summed E-state index contributed by atoms with van der Waals surface area (Å²) in [7, 11) is 0. The van der Waals surface area contributed by atoms with E-state index >= 15 is 0 Å². The number of aromatic amines is 1. The van der Waals surface area contributed by atoms with Crippen molar-refractivity contribution >= 4 is 0 Å². The van der Waals surface area contributed by atoms with E-state index in [9.17, 15) is 13.2 Å². The molecule has 0 bridgehead atoms. The van der Waals surface area contributed by atoms with Crippen LogP contribution in [0.3, 0.4) is 0 Å². The smallest absolute Gasteiger partial charge is 0.260 e. The summed E-state index contributed by atoms with van der Waals surface area (Å²) < 4.78 is 36.7. The fourth-order valence-corrected chi connectivity index (χ4v) is 1.07. The molecule has 0 aromatic carbocycles. The van der Waals surface area contributed by atoms with Crippen LogP contribution in [0.5, 0.6) is 0 Å². The second-order valence-electron chi connectivity index (χ2n) is 3.05. The molecule has 16 heavy (non-hydrogen) atoms. The van der Waals surface area contributed by atoms with Crippen LogP contribution in [-0.4, -0.2) is 25.1 Å². The molecule has 0 unspecified atom stereocenters. The van der Waals surface area contributed by atoms with Crippen LogP contribution in [0.2, 0.25) is 0 Å². The molecule has 84 valence electrons. The Balaban J connectivity index is 2.39. The number of rotatable bonds is 1. The van der Waals surface area contributed by atoms with Gasteiger partial charge in [-0.3, -0.25) is 10.1 Å². The maximum Gasteiger partial charge on any atom is 0.451 e. The SMILES string of the molecule is Cc1cncc(-c2n[nH]c(C(F)(F)F)n2)n1. The lowest BCUT2D eigenvalue weighted by atomic mass is 10.4. The Morgan fingerprint density at radius 3 is 2.50 bits per heavy atom. The highest BCUT2D eigenvalue weighted by Gasteiger charge is 2.35. The second-order valence-corrected chi connectivity index (χ2v) is 3.05. The van der Waals surface area contributed by atoms with Crippen molar-refractivity contribution in [3.05, 3.63) is 23.9 Å². The molecule has 0 aliphatic rings. The van der Waals surface area contributed by atoms with Gasteiger partial charge in [0, 0.05) is 6.20 Å². The summed E-state index contributed by atoms with van der Waals surface area (Å²) in [4.78, 5) is 11.1. The molecule has 0 radical (unpaired) electrons. The molecule has 2 heterocycles. The maximum atomic E-state index is 12.2. The van der Waals surface area contributed by atoms with Gasteiger partial charge < -0.3 is 0 Å². The number of hydrogen-bond acceptors (Lipinski definition) is 4. The summed E-state index contributed by atoms with van der Waals surface area (Å²) in [5.41, 5.74) is 0.780. The molecule has 0 atom stereocenters. The number of H-pyrrole nitrogens is 1. The van der Waals surface area contributed by atoms with E-state index in [1.165, 1.54) is 12.4 Å². The Morgan fingerprint density at radius 1 is 1.19 bits per heavy atom. The average molecular weight is 229 g/mol. The zero-order valence-corrected chi connectivity index (χ0v) is 8.08. The number of hydrogen-bond donors (Lipinski definition) is 1. The van der Waals surface area contributed by atoms with Crippen LogP contribution < -0.4 is 0 Å². The number of nitrogens with one attached hydrogen (secondary N) is 1. The molecule has 2 rings (SSSR count). The number of aryl methyl sites for hydroxylation is 1. The summed E-state index contributed by atoms with van der Waals surface area (Å²) in [5, 5.41) is 5.25. The molecule has 2 aromatic heterocycles. The molecule has 0 amide bonds. The van der Waals surface area contributed by atoms with Crippen LogP contribution >= 0.6 is 0 Å². The quantitative estimate of drug-likeness (QED) is 0.806. The topological polar surface area (TPSA) is 67.3 Å². The van der Waals surface area contributed by atoms with Gasteiger partial charge in [-0.1, -0.05) is 0 Å². The van der Waals surface area contributed by atoms with Crippen LogP contribution in [0.25, 0.3) is 11.5 Å². The maximum absolute atomic E-state index is 12.2. The first-order valence-corrected chi connectivity index (χ1v) is 4.25. The van der Waals surface area contributed by atoms with Crippen molar-refractivity contribution in [2.24, 2.45) is 0 Å². The van der Waals surface area contributed by atoms with E-state index < -0.39 is 12.0 Å². The lowest BCUT2D eigenvalue weighted by Gasteiger charge is -1.98. The van der Waals surface area contributed by atoms with Crippen LogP contribution in [0.4, 0.5) is 13.2 Å². The van der Waals surface area contributed by atoms with Gasteiger partial charge in [-0.05, 0) is 6.92 Å². The van der Waals surface area contributed by atoms with Crippen molar-refractivity contribution in [3.8, 4) is 11.5 Å². The highest BCUT2D eigenvalue weighted by Crippen LogP contribution is 2.26. The van der Waals surface area contributed by atoms with E-state index in [0.29, 0.717) is 5.69 Å². The van der Waals surface area contributed by atoms with Crippen LogP contribution in [0.15, 0.2) is 12.4 Å². The molecule has 0 saturated carbocycles. The van der Waals surface area contributed by atoms with E-state index in [0.717, 1.165) is 0 Å². The van der Waals surface area contributed by atoms with Crippen LogP contribution in [-0.2, 0) is 6.18 Å². The molecule has 8 heteroatoms. The third-order valence-corrected chi connectivity index (χ3v) is 1.74. The molecule has 0 spiro atoms. The van der Waals surface area contributed by atoms with Crippen LogP contribution in [0.1, 0.15) is 11.5 Å². The van der Waals surface area contributed by atoms with Crippen molar-refractivity contribution in [1.29, 1.82) is 0 Å². The lowest BCUT2D eigenvalue weighted by Crippen LogP contribution is -2.07. The van der Waals surface area contributed by atoms with Gasteiger partial charge in [-0.25, -0.2) is 9.97 Å². The van der Waals surface area contributed by atoms with Crippen molar-refractivity contribution < 1.29 is 13.2 Å². The molecule has 0 saturated heterocycles. The summed E-state index contributed by atoms with van der Waals surface area (Å²) in [6.07, 6.45) is -1.75. The molecule has 5 nitrogen and oxygen atoms in total. The minimum atomic E-state index is -4.54. The van der Waals surface area contributed by atoms with Gasteiger partial charge in [0.1, 0.15) is 5.69 Å². The first-order chi connectivity index (χ1) is 7.47. The second kappa shape index (κ2) is 3.54. The van der Waals surface area contributed by atoms with E-state index in [1.54, 1.807) is 6.92 Å². The van der Waals surface area contributed by atoms with E-state index in [1.807, 2.05) is 5.10 Å². The van der Waals surface area contributed by atoms with Crippen molar-refractivity contribution in [1.82, 2.24) is 25.1 Å². The molecule has 1 N–H and O–H groups in total. The van der Waals surface area contributed by atoms with E-state index in [2.05, 4.69) is 20.1 Å². The predicted octanol–water partition coefficient (Wildman–Crippen LogP) is 1.59. The molecular weight excluding hydrogens is 223 g/mol. The fraction of sp³-hybridized carbons (Fsp3) is 0.250. The van der Waals surface area contributed by atoms with Gasteiger partial charge in [0.25, 0.3) is 0 Å². The number of aromatic nitrogens is 5. The summed E-state index contributed by atoms with van der Waals surface area (Å²) >= 11 is 0. The Hall–Kier alpha value is -1.99. The molecule has 0 aliphatic heterocycles. The van der Waals surface area contributed by atoms with Crippen molar-refractivity contribution in [2.45, 2.75) is 13.1 Å². The first-order valence-electron chi connectivity index (χ1n) is 4.25. The zero-order valence-electron chi connectivity index (χ0n) is 8.08. The minimum Gasteiger partial charge on any atom is -0.260 e. The number of halogens is 3. The highest BCUT2D eigenvalue weighted by molar-refractivity contribution is 5.46. The largest absolute Gasteiger partial charge is 0.451 e. The van der Waals surface area contributed by atoms with Gasteiger partial charge in [-0.2, -0.15) is 18.3 Å². The third kappa shape index (κ3) is 2.00. The van der Waals surface area contributed by atoms with E-state index in [-0.39, 0.29) is 11.5 Å². The fourth-order valence-electron chi connectivity index (χ4n) is 1.07. The predicted molar refractivity (Wildman–Crippen MR) is 47.1 cm³/mol. The Labute approximate surface area is 87.8 Å². The summed E-state index contributed by atoms with van der Waals surface area (Å²) in [5.74, 6) is -1.27. The number of nitrogens with zero attached hydrogens (tertiary/aromatic N) is 4. The average Bonchev–Trinajstić information content (AvgIpc) is 2.65. The zero-order chi connectivity index (χ0) is 11.8. The minimum absolute atomic E-state index is 0.122. The van der Waals surface area contributed by atoms with Crippen molar-refractivity contribution in [3.63, 3.8) is 0 Å². The molecular formula is C8H6F3N5. The molecule has 0 aliphatic carbocycles. The standard InChI is InChI=1S/C8H6F3N5/c1-4-2-12-3-5(13-4)6-14-7(16-15-6)8(9,10)11/h2-3H,1H3,(H,14,15,16). The molecule has 2 aromatic rings. The summed E-state index contributed by atoms with van der Waals surface area (Å²) in [6.45, 7) is 1.67.